The molecule has 2 rings (SSSR count). The number of benzene rings is 1. The molecule has 1 heterocycles. The molecule has 0 saturated carbocycles. The van der Waals surface area contributed by atoms with E-state index in [1.807, 2.05) is 17.7 Å². The summed E-state index contributed by atoms with van der Waals surface area (Å²) in [5.41, 5.74) is 4.39. The molecule has 1 N–H and O–H groups in total. The first-order chi connectivity index (χ1) is 8.06. The van der Waals surface area contributed by atoms with Crippen LogP contribution in [0, 0.1) is 13.8 Å². The van der Waals surface area contributed by atoms with Gasteiger partial charge in [0.25, 0.3) is 0 Å². The maximum atomic E-state index is 9.39. The molecule has 1 atom stereocenters. The van der Waals surface area contributed by atoms with Gasteiger partial charge in [0.15, 0.2) is 0 Å². The van der Waals surface area contributed by atoms with Crippen LogP contribution in [0.1, 0.15) is 18.2 Å². The van der Waals surface area contributed by atoms with Gasteiger partial charge in [0, 0.05) is 11.3 Å². The van der Waals surface area contributed by atoms with Gasteiger partial charge in [-0.15, -0.1) is 0 Å². The van der Waals surface area contributed by atoms with Gasteiger partial charge in [0.1, 0.15) is 0 Å². The first kappa shape index (κ1) is 11.9. The predicted octanol–water partition coefficient (Wildman–Crippen LogP) is 2.55. The van der Waals surface area contributed by atoms with E-state index in [1.165, 1.54) is 5.56 Å². The van der Waals surface area contributed by atoms with Crippen LogP contribution in [0.2, 0.25) is 0 Å². The normalized spacial score (nSPS) is 12.7. The Balaban J connectivity index is 2.31. The van der Waals surface area contributed by atoms with Crippen LogP contribution in [0.25, 0.3) is 11.3 Å². The van der Waals surface area contributed by atoms with Crippen LogP contribution >= 0.6 is 0 Å². The first-order valence-corrected chi connectivity index (χ1v) is 5.86. The van der Waals surface area contributed by atoms with Crippen LogP contribution in [0.15, 0.2) is 30.3 Å². The van der Waals surface area contributed by atoms with Gasteiger partial charge in [0.2, 0.25) is 0 Å². The third kappa shape index (κ3) is 2.74. The minimum absolute atomic E-state index is 0.375. The molecule has 1 unspecified atom stereocenters. The van der Waals surface area contributed by atoms with Gasteiger partial charge in [-0.3, -0.25) is 4.68 Å². The van der Waals surface area contributed by atoms with Gasteiger partial charge in [0.05, 0.1) is 18.3 Å². The van der Waals surface area contributed by atoms with Crippen molar-refractivity contribution in [1.29, 1.82) is 0 Å². The Morgan fingerprint density at radius 1 is 1.24 bits per heavy atom. The van der Waals surface area contributed by atoms with Gasteiger partial charge in [-0.1, -0.05) is 29.8 Å². The van der Waals surface area contributed by atoms with Gasteiger partial charge in [-0.05, 0) is 26.8 Å². The highest BCUT2D eigenvalue weighted by molar-refractivity contribution is 5.59. The van der Waals surface area contributed by atoms with Crippen LogP contribution in [-0.2, 0) is 6.54 Å². The lowest BCUT2D eigenvalue weighted by Gasteiger charge is -2.05. The van der Waals surface area contributed by atoms with Crippen molar-refractivity contribution >= 4 is 0 Å². The molecule has 0 radical (unpaired) electrons. The summed E-state index contributed by atoms with van der Waals surface area (Å²) in [4.78, 5) is 0. The number of aromatic nitrogens is 2. The largest absolute Gasteiger partial charge is 0.391 e. The van der Waals surface area contributed by atoms with Crippen molar-refractivity contribution in [2.24, 2.45) is 0 Å². The zero-order chi connectivity index (χ0) is 12.4. The Labute approximate surface area is 102 Å². The van der Waals surface area contributed by atoms with Gasteiger partial charge in [-0.2, -0.15) is 5.10 Å². The lowest BCUT2D eigenvalue weighted by Crippen LogP contribution is -2.14. The molecule has 0 saturated heterocycles. The zero-order valence-electron chi connectivity index (χ0n) is 10.5. The van der Waals surface area contributed by atoms with Gasteiger partial charge >= 0.3 is 0 Å². The second kappa shape index (κ2) is 4.72. The molecule has 90 valence electrons. The molecule has 0 spiro atoms. The van der Waals surface area contributed by atoms with Gasteiger partial charge < -0.3 is 5.11 Å². The molecular formula is C14H18N2O. The molecule has 0 bridgehead atoms. The van der Waals surface area contributed by atoms with E-state index in [9.17, 15) is 5.11 Å². The van der Waals surface area contributed by atoms with E-state index < -0.39 is 0 Å². The number of rotatable bonds is 3. The topological polar surface area (TPSA) is 38.0 Å². The third-order valence-electron chi connectivity index (χ3n) is 2.77. The van der Waals surface area contributed by atoms with E-state index in [4.69, 9.17) is 0 Å². The molecule has 0 fully saturated rings. The first-order valence-electron chi connectivity index (χ1n) is 5.86. The highest BCUT2D eigenvalue weighted by Gasteiger charge is 2.07. The third-order valence-corrected chi connectivity index (χ3v) is 2.77. The maximum Gasteiger partial charge on any atom is 0.0925 e. The number of aryl methyl sites for hydroxylation is 2. The molecule has 0 aliphatic rings. The molecule has 1 aromatic carbocycles. The number of nitrogens with zero attached hydrogens (tertiary/aromatic N) is 2. The van der Waals surface area contributed by atoms with Crippen LogP contribution in [0.3, 0.4) is 0 Å². The van der Waals surface area contributed by atoms with Crippen molar-refractivity contribution in [3.05, 3.63) is 41.6 Å². The summed E-state index contributed by atoms with van der Waals surface area (Å²) in [6.45, 7) is 6.39. The summed E-state index contributed by atoms with van der Waals surface area (Å²) in [6, 6.07) is 10.4. The van der Waals surface area contributed by atoms with E-state index in [0.29, 0.717) is 6.54 Å². The fourth-order valence-corrected chi connectivity index (χ4v) is 1.81. The second-order valence-corrected chi connectivity index (χ2v) is 4.57. The molecular weight excluding hydrogens is 212 g/mol. The van der Waals surface area contributed by atoms with Crippen molar-refractivity contribution in [1.82, 2.24) is 9.78 Å². The summed E-state index contributed by atoms with van der Waals surface area (Å²) in [7, 11) is 0. The fourth-order valence-electron chi connectivity index (χ4n) is 1.81. The predicted molar refractivity (Wildman–Crippen MR) is 68.8 cm³/mol. The average Bonchev–Trinajstić information content (AvgIpc) is 2.60. The Morgan fingerprint density at radius 2 is 1.88 bits per heavy atom. The average molecular weight is 230 g/mol. The summed E-state index contributed by atoms with van der Waals surface area (Å²) in [5.74, 6) is 0. The highest BCUT2D eigenvalue weighted by atomic mass is 16.3. The highest BCUT2D eigenvalue weighted by Crippen LogP contribution is 2.19. The van der Waals surface area contributed by atoms with E-state index >= 15 is 0 Å². The Morgan fingerprint density at radius 3 is 2.47 bits per heavy atom. The molecule has 1 aromatic heterocycles. The molecule has 0 amide bonds. The van der Waals surface area contributed by atoms with Crippen molar-refractivity contribution in [3.8, 4) is 11.3 Å². The maximum absolute atomic E-state index is 9.39. The summed E-state index contributed by atoms with van der Waals surface area (Å²) >= 11 is 0. The van der Waals surface area contributed by atoms with E-state index in [0.717, 1.165) is 17.0 Å². The molecule has 3 nitrogen and oxygen atoms in total. The number of aliphatic hydroxyl groups is 1. The van der Waals surface area contributed by atoms with Crippen LogP contribution in [0.5, 0.6) is 0 Å². The lowest BCUT2D eigenvalue weighted by atomic mass is 10.1. The van der Waals surface area contributed by atoms with Crippen LogP contribution < -0.4 is 0 Å². The minimum atomic E-state index is -0.375. The smallest absolute Gasteiger partial charge is 0.0925 e. The lowest BCUT2D eigenvalue weighted by molar-refractivity contribution is 0.167. The standard InChI is InChI=1S/C14H18N2O/c1-10-4-6-13(7-5-10)14-8-11(2)16(15-14)9-12(3)17/h4-8,12,17H,9H2,1-3H3. The van der Waals surface area contributed by atoms with E-state index in [-0.39, 0.29) is 6.10 Å². The van der Waals surface area contributed by atoms with Crippen molar-refractivity contribution in [2.75, 3.05) is 0 Å². The van der Waals surface area contributed by atoms with Crippen LogP contribution in [-0.4, -0.2) is 21.0 Å². The molecule has 0 aliphatic carbocycles. The Bertz CT molecular complexity index is 497. The quantitative estimate of drug-likeness (QED) is 0.880. The van der Waals surface area contributed by atoms with E-state index in [2.05, 4.69) is 36.3 Å². The van der Waals surface area contributed by atoms with Crippen molar-refractivity contribution < 1.29 is 5.11 Å². The number of hydrogen-bond acceptors (Lipinski definition) is 2. The zero-order valence-corrected chi connectivity index (χ0v) is 10.5. The fraction of sp³-hybridized carbons (Fsp3) is 0.357. The Kier molecular flexibility index (Phi) is 3.29. The molecule has 2 aromatic rings. The SMILES string of the molecule is Cc1ccc(-c2cc(C)n(CC(C)O)n2)cc1. The van der Waals surface area contributed by atoms with Gasteiger partial charge in [-0.25, -0.2) is 0 Å². The van der Waals surface area contributed by atoms with Crippen LogP contribution in [0.4, 0.5) is 0 Å². The summed E-state index contributed by atoms with van der Waals surface area (Å²) in [5, 5.41) is 13.9. The molecule has 3 heteroatoms. The number of hydrogen-bond donors (Lipinski definition) is 1. The molecule has 0 aliphatic heterocycles. The number of aliphatic hydroxyl groups excluding tert-OH is 1. The Hall–Kier alpha value is -1.61. The second-order valence-electron chi connectivity index (χ2n) is 4.57. The summed E-state index contributed by atoms with van der Waals surface area (Å²) in [6.07, 6.45) is -0.375. The summed E-state index contributed by atoms with van der Waals surface area (Å²) < 4.78 is 1.85. The van der Waals surface area contributed by atoms with Crippen molar-refractivity contribution in [3.63, 3.8) is 0 Å². The minimum Gasteiger partial charge on any atom is -0.391 e. The monoisotopic (exact) mass is 230 g/mol. The van der Waals surface area contributed by atoms with E-state index in [1.54, 1.807) is 6.92 Å². The van der Waals surface area contributed by atoms with Crippen molar-refractivity contribution in [2.45, 2.75) is 33.4 Å². The molecule has 17 heavy (non-hydrogen) atoms.